The van der Waals surface area contributed by atoms with Gasteiger partial charge in [-0.1, -0.05) is 33.6 Å². The van der Waals surface area contributed by atoms with Crippen LogP contribution in [0.2, 0.25) is 5.02 Å². The van der Waals surface area contributed by atoms with Gasteiger partial charge in [0.1, 0.15) is 17.7 Å². The lowest BCUT2D eigenvalue weighted by Gasteiger charge is -2.28. The Bertz CT molecular complexity index is 635. The summed E-state index contributed by atoms with van der Waals surface area (Å²) in [7, 11) is 0. The topological polar surface area (TPSA) is 21.3 Å². The highest BCUT2D eigenvalue weighted by Gasteiger charge is 2.23. The summed E-state index contributed by atoms with van der Waals surface area (Å²) in [6, 6.07) is 10.3. The molecule has 0 bridgehead atoms. The molecule has 0 radical (unpaired) electrons. The van der Waals surface area contributed by atoms with Crippen molar-refractivity contribution in [1.29, 1.82) is 0 Å². The van der Waals surface area contributed by atoms with E-state index >= 15 is 0 Å². The fourth-order valence-corrected chi connectivity index (χ4v) is 2.57. The highest BCUT2D eigenvalue weighted by Crippen LogP contribution is 2.36. The molecule has 19 heavy (non-hydrogen) atoms. The molecule has 1 aliphatic rings. The van der Waals surface area contributed by atoms with Gasteiger partial charge in [-0.15, -0.1) is 0 Å². The van der Waals surface area contributed by atoms with Gasteiger partial charge in [-0.05, 0) is 24.3 Å². The second-order valence-electron chi connectivity index (χ2n) is 4.29. The van der Waals surface area contributed by atoms with Gasteiger partial charge < -0.3 is 10.1 Å². The van der Waals surface area contributed by atoms with Crippen LogP contribution in [0.5, 0.6) is 5.75 Å². The van der Waals surface area contributed by atoms with Gasteiger partial charge in [0, 0.05) is 21.1 Å². The predicted octanol–water partition coefficient (Wildman–Crippen LogP) is 4.79. The summed E-state index contributed by atoms with van der Waals surface area (Å²) >= 11 is 9.18. The monoisotopic (exact) mass is 341 g/mol. The molecule has 1 N–H and O–H groups in total. The molecule has 0 saturated heterocycles. The Balaban J connectivity index is 1.93. The van der Waals surface area contributed by atoms with E-state index in [9.17, 15) is 4.39 Å². The number of rotatable bonds is 1. The highest BCUT2D eigenvalue weighted by molar-refractivity contribution is 9.10. The summed E-state index contributed by atoms with van der Waals surface area (Å²) in [5.41, 5.74) is 1.40. The van der Waals surface area contributed by atoms with E-state index in [-0.39, 0.29) is 11.9 Å². The minimum absolute atomic E-state index is 0.286. The third-order valence-electron chi connectivity index (χ3n) is 3.00. The highest BCUT2D eigenvalue weighted by atomic mass is 79.9. The molecule has 2 aromatic carbocycles. The van der Waals surface area contributed by atoms with Gasteiger partial charge in [-0.25, -0.2) is 4.39 Å². The molecule has 1 atom stereocenters. The van der Waals surface area contributed by atoms with Crippen LogP contribution in [0.25, 0.3) is 0 Å². The van der Waals surface area contributed by atoms with Crippen molar-refractivity contribution in [2.75, 3.05) is 11.9 Å². The minimum Gasteiger partial charge on any atom is -0.482 e. The first-order valence-electron chi connectivity index (χ1n) is 5.78. The van der Waals surface area contributed by atoms with Gasteiger partial charge in [0.25, 0.3) is 0 Å². The first-order valence-corrected chi connectivity index (χ1v) is 6.95. The Morgan fingerprint density at radius 2 is 2.11 bits per heavy atom. The molecular formula is C14H10BrClFNO. The molecule has 2 aromatic rings. The van der Waals surface area contributed by atoms with Crippen LogP contribution in [0.4, 0.5) is 10.1 Å². The molecule has 0 aromatic heterocycles. The minimum atomic E-state index is -0.362. The molecule has 0 spiro atoms. The molecular weight excluding hydrogens is 333 g/mol. The number of ether oxygens (including phenoxy) is 1. The quantitative estimate of drug-likeness (QED) is 0.805. The van der Waals surface area contributed by atoms with Crippen LogP contribution >= 0.6 is 27.5 Å². The molecule has 1 unspecified atom stereocenters. The van der Waals surface area contributed by atoms with Gasteiger partial charge in [0.2, 0.25) is 0 Å². The van der Waals surface area contributed by atoms with Crippen molar-refractivity contribution in [2.45, 2.75) is 6.10 Å². The Morgan fingerprint density at radius 3 is 2.89 bits per heavy atom. The van der Waals surface area contributed by atoms with Crippen LogP contribution in [0.1, 0.15) is 11.7 Å². The Kier molecular flexibility index (Phi) is 3.37. The van der Waals surface area contributed by atoms with E-state index in [1.54, 1.807) is 24.3 Å². The maximum Gasteiger partial charge on any atom is 0.144 e. The average Bonchev–Trinajstić information content (AvgIpc) is 2.38. The van der Waals surface area contributed by atoms with Crippen molar-refractivity contribution < 1.29 is 9.13 Å². The lowest BCUT2D eigenvalue weighted by Crippen LogP contribution is -2.24. The second-order valence-corrected chi connectivity index (χ2v) is 5.65. The van der Waals surface area contributed by atoms with Gasteiger partial charge in [0.05, 0.1) is 12.2 Å². The number of hydrogen-bond donors (Lipinski definition) is 1. The van der Waals surface area contributed by atoms with E-state index in [1.807, 2.05) is 6.07 Å². The SMILES string of the molecule is Fc1cc(Br)ccc1C1CNc2ccc(Cl)cc2O1. The van der Waals surface area contributed by atoms with Crippen LogP contribution in [0.3, 0.4) is 0 Å². The van der Waals surface area contributed by atoms with Crippen molar-refractivity contribution in [3.8, 4) is 5.75 Å². The fourth-order valence-electron chi connectivity index (χ4n) is 2.07. The number of nitrogens with one attached hydrogen (secondary N) is 1. The van der Waals surface area contributed by atoms with E-state index < -0.39 is 0 Å². The number of fused-ring (bicyclic) bond motifs is 1. The maximum atomic E-state index is 13.9. The first kappa shape index (κ1) is 12.8. The van der Waals surface area contributed by atoms with Crippen LogP contribution in [0.15, 0.2) is 40.9 Å². The third-order valence-corrected chi connectivity index (χ3v) is 3.73. The zero-order valence-corrected chi connectivity index (χ0v) is 12.1. The summed E-state index contributed by atoms with van der Waals surface area (Å²) in [6.45, 7) is 0.521. The molecule has 0 saturated carbocycles. The van der Waals surface area contributed by atoms with Gasteiger partial charge in [-0.3, -0.25) is 0 Å². The van der Waals surface area contributed by atoms with Crippen molar-refractivity contribution in [3.05, 3.63) is 57.3 Å². The smallest absolute Gasteiger partial charge is 0.144 e. The molecule has 2 nitrogen and oxygen atoms in total. The maximum absolute atomic E-state index is 13.9. The van der Waals surface area contributed by atoms with E-state index in [0.717, 1.165) is 5.69 Å². The van der Waals surface area contributed by atoms with Crippen LogP contribution in [0, 0.1) is 5.82 Å². The largest absolute Gasteiger partial charge is 0.482 e. The van der Waals surface area contributed by atoms with Crippen LogP contribution < -0.4 is 10.1 Å². The molecule has 98 valence electrons. The Labute approximate surface area is 123 Å². The van der Waals surface area contributed by atoms with E-state index in [4.69, 9.17) is 16.3 Å². The number of benzene rings is 2. The lowest BCUT2D eigenvalue weighted by molar-refractivity contribution is 0.205. The molecule has 0 fully saturated rings. The van der Waals surface area contributed by atoms with Gasteiger partial charge in [-0.2, -0.15) is 0 Å². The van der Waals surface area contributed by atoms with Crippen molar-refractivity contribution in [2.24, 2.45) is 0 Å². The summed E-state index contributed by atoms with van der Waals surface area (Å²) in [5.74, 6) is 0.359. The summed E-state index contributed by atoms with van der Waals surface area (Å²) in [5, 5.41) is 3.81. The molecule has 0 amide bonds. The van der Waals surface area contributed by atoms with Crippen molar-refractivity contribution in [1.82, 2.24) is 0 Å². The average molecular weight is 343 g/mol. The predicted molar refractivity (Wildman–Crippen MR) is 77.4 cm³/mol. The normalized spacial score (nSPS) is 17.3. The second kappa shape index (κ2) is 5.02. The number of anilines is 1. The first-order chi connectivity index (χ1) is 9.13. The molecule has 1 aliphatic heterocycles. The van der Waals surface area contributed by atoms with Crippen LogP contribution in [-0.2, 0) is 0 Å². The summed E-state index contributed by atoms with van der Waals surface area (Å²) < 4.78 is 20.5. The molecule has 3 rings (SSSR count). The van der Waals surface area contributed by atoms with Crippen LogP contribution in [-0.4, -0.2) is 6.54 Å². The molecule has 0 aliphatic carbocycles. The summed E-state index contributed by atoms with van der Waals surface area (Å²) in [6.07, 6.45) is -0.362. The number of hydrogen-bond acceptors (Lipinski definition) is 2. The zero-order chi connectivity index (χ0) is 13.4. The Hall–Kier alpha value is -1.26. The van der Waals surface area contributed by atoms with E-state index in [1.165, 1.54) is 6.07 Å². The Morgan fingerprint density at radius 1 is 1.26 bits per heavy atom. The fraction of sp³-hybridized carbons (Fsp3) is 0.143. The van der Waals surface area contributed by atoms with Gasteiger partial charge >= 0.3 is 0 Å². The van der Waals surface area contributed by atoms with E-state index in [2.05, 4.69) is 21.2 Å². The molecule has 1 heterocycles. The lowest BCUT2D eigenvalue weighted by atomic mass is 10.1. The number of halogens is 3. The van der Waals surface area contributed by atoms with Crippen molar-refractivity contribution in [3.63, 3.8) is 0 Å². The molecule has 5 heteroatoms. The third kappa shape index (κ3) is 2.55. The summed E-state index contributed by atoms with van der Waals surface area (Å²) in [4.78, 5) is 0. The zero-order valence-electron chi connectivity index (χ0n) is 9.79. The van der Waals surface area contributed by atoms with E-state index in [0.29, 0.717) is 27.4 Å². The van der Waals surface area contributed by atoms with Crippen molar-refractivity contribution >= 4 is 33.2 Å². The van der Waals surface area contributed by atoms with Gasteiger partial charge in [0.15, 0.2) is 0 Å². The standard InChI is InChI=1S/C14H10BrClFNO/c15-8-1-3-10(11(17)5-8)14-7-18-12-4-2-9(16)6-13(12)19-14/h1-6,14,18H,7H2.